The first-order chi connectivity index (χ1) is 12.2. The summed E-state index contributed by atoms with van der Waals surface area (Å²) >= 11 is 2.28. The number of nitrogens with zero attached hydrogens (tertiary/aromatic N) is 5. The molecule has 0 amide bonds. The molecule has 0 saturated heterocycles. The fourth-order valence-corrected chi connectivity index (χ4v) is 3.27. The SMILES string of the molecule is CN(Cc1cccnc1)c1cc(-c2ccccc2)nc2c(I)cnn12. The molecule has 0 aliphatic carbocycles. The third-order valence-corrected chi connectivity index (χ3v) is 4.77. The highest BCUT2D eigenvalue weighted by Gasteiger charge is 2.14. The van der Waals surface area contributed by atoms with E-state index in [-0.39, 0.29) is 0 Å². The Kier molecular flexibility index (Phi) is 4.35. The molecule has 0 saturated carbocycles. The number of fused-ring (bicyclic) bond motifs is 1. The van der Waals surface area contributed by atoms with Crippen LogP contribution in [0.2, 0.25) is 0 Å². The lowest BCUT2D eigenvalue weighted by Crippen LogP contribution is -2.20. The Morgan fingerprint density at radius 2 is 1.92 bits per heavy atom. The van der Waals surface area contributed by atoms with Crippen LogP contribution in [0.5, 0.6) is 0 Å². The van der Waals surface area contributed by atoms with Gasteiger partial charge >= 0.3 is 0 Å². The van der Waals surface area contributed by atoms with Gasteiger partial charge in [-0.25, -0.2) is 4.98 Å². The first kappa shape index (κ1) is 16.0. The first-order valence-electron chi connectivity index (χ1n) is 7.92. The predicted molar refractivity (Wildman–Crippen MR) is 107 cm³/mol. The molecular weight excluding hydrogens is 425 g/mol. The molecule has 0 bridgehead atoms. The topological polar surface area (TPSA) is 46.3 Å². The van der Waals surface area contributed by atoms with E-state index in [4.69, 9.17) is 4.98 Å². The van der Waals surface area contributed by atoms with Crippen LogP contribution < -0.4 is 4.90 Å². The van der Waals surface area contributed by atoms with Crippen LogP contribution in [0.4, 0.5) is 5.82 Å². The van der Waals surface area contributed by atoms with Gasteiger partial charge in [-0.3, -0.25) is 4.98 Å². The highest BCUT2D eigenvalue weighted by molar-refractivity contribution is 14.1. The number of benzene rings is 1. The molecule has 1 aromatic carbocycles. The van der Waals surface area contributed by atoms with Crippen molar-refractivity contribution in [3.05, 3.63) is 76.3 Å². The van der Waals surface area contributed by atoms with E-state index < -0.39 is 0 Å². The van der Waals surface area contributed by atoms with Gasteiger partial charge in [0.15, 0.2) is 5.65 Å². The molecule has 0 N–H and O–H groups in total. The maximum atomic E-state index is 4.81. The minimum atomic E-state index is 0.748. The smallest absolute Gasteiger partial charge is 0.171 e. The van der Waals surface area contributed by atoms with Gasteiger partial charge < -0.3 is 4.90 Å². The molecule has 0 aliphatic heterocycles. The molecule has 0 atom stereocenters. The van der Waals surface area contributed by atoms with Crippen LogP contribution in [0.25, 0.3) is 16.9 Å². The highest BCUT2D eigenvalue weighted by Crippen LogP contribution is 2.26. The van der Waals surface area contributed by atoms with E-state index in [1.807, 2.05) is 41.2 Å². The van der Waals surface area contributed by atoms with Gasteiger partial charge in [-0.1, -0.05) is 36.4 Å². The molecule has 4 rings (SSSR count). The van der Waals surface area contributed by atoms with E-state index in [1.165, 1.54) is 0 Å². The first-order valence-corrected chi connectivity index (χ1v) is 9.00. The summed E-state index contributed by atoms with van der Waals surface area (Å²) in [7, 11) is 2.06. The maximum Gasteiger partial charge on any atom is 0.171 e. The molecule has 6 heteroatoms. The molecule has 0 fully saturated rings. The zero-order chi connectivity index (χ0) is 17.2. The number of aromatic nitrogens is 4. The summed E-state index contributed by atoms with van der Waals surface area (Å²) in [5.74, 6) is 0.996. The monoisotopic (exact) mass is 441 g/mol. The minimum Gasteiger partial charge on any atom is -0.355 e. The number of hydrogen-bond donors (Lipinski definition) is 0. The third-order valence-electron chi connectivity index (χ3n) is 4.01. The predicted octanol–water partition coefficient (Wildman–Crippen LogP) is 4.03. The lowest BCUT2D eigenvalue weighted by atomic mass is 10.1. The van der Waals surface area contributed by atoms with E-state index in [0.29, 0.717) is 0 Å². The highest BCUT2D eigenvalue weighted by atomic mass is 127. The van der Waals surface area contributed by atoms with Crippen molar-refractivity contribution in [2.45, 2.75) is 6.54 Å². The van der Waals surface area contributed by atoms with E-state index >= 15 is 0 Å². The fourth-order valence-electron chi connectivity index (χ4n) is 2.80. The second-order valence-electron chi connectivity index (χ2n) is 5.81. The molecular formula is C19H16IN5. The van der Waals surface area contributed by atoms with Gasteiger partial charge in [-0.2, -0.15) is 9.61 Å². The second kappa shape index (κ2) is 6.79. The van der Waals surface area contributed by atoms with E-state index in [2.05, 4.69) is 68.9 Å². The number of anilines is 1. The Hall–Kier alpha value is -2.48. The second-order valence-corrected chi connectivity index (χ2v) is 6.97. The minimum absolute atomic E-state index is 0.748. The number of halogens is 1. The average Bonchev–Trinajstić information content (AvgIpc) is 3.03. The molecule has 4 aromatic rings. The van der Waals surface area contributed by atoms with Crippen molar-refractivity contribution in [1.29, 1.82) is 0 Å². The van der Waals surface area contributed by atoms with Gasteiger partial charge in [0.25, 0.3) is 0 Å². The third kappa shape index (κ3) is 3.21. The van der Waals surface area contributed by atoms with Crippen LogP contribution in [0.3, 0.4) is 0 Å². The lowest BCUT2D eigenvalue weighted by Gasteiger charge is -2.21. The van der Waals surface area contributed by atoms with Crippen molar-refractivity contribution < 1.29 is 0 Å². The summed E-state index contributed by atoms with van der Waals surface area (Å²) in [6.07, 6.45) is 5.52. The number of hydrogen-bond acceptors (Lipinski definition) is 4. The van der Waals surface area contributed by atoms with Gasteiger partial charge in [0.05, 0.1) is 15.5 Å². The van der Waals surface area contributed by atoms with Gasteiger partial charge in [0, 0.05) is 37.6 Å². The molecule has 0 unspecified atom stereocenters. The normalized spacial score (nSPS) is 11.0. The van der Waals surface area contributed by atoms with Crippen LogP contribution >= 0.6 is 22.6 Å². The maximum absolute atomic E-state index is 4.81. The number of rotatable bonds is 4. The van der Waals surface area contributed by atoms with Crippen LogP contribution in [0, 0.1) is 3.57 Å². The van der Waals surface area contributed by atoms with Gasteiger partial charge in [0.2, 0.25) is 0 Å². The Labute approximate surface area is 159 Å². The summed E-state index contributed by atoms with van der Waals surface area (Å²) in [4.78, 5) is 11.2. The molecule has 25 heavy (non-hydrogen) atoms. The van der Waals surface area contributed by atoms with Crippen molar-refractivity contribution in [3.63, 3.8) is 0 Å². The van der Waals surface area contributed by atoms with Crippen molar-refractivity contribution in [2.24, 2.45) is 0 Å². The number of pyridine rings is 1. The van der Waals surface area contributed by atoms with Crippen molar-refractivity contribution in [1.82, 2.24) is 19.6 Å². The van der Waals surface area contributed by atoms with Gasteiger partial charge in [-0.05, 0) is 34.2 Å². The molecule has 3 heterocycles. The van der Waals surface area contributed by atoms with Crippen LogP contribution in [-0.4, -0.2) is 26.6 Å². The Morgan fingerprint density at radius 3 is 2.68 bits per heavy atom. The van der Waals surface area contributed by atoms with Crippen molar-refractivity contribution in [2.75, 3.05) is 11.9 Å². The van der Waals surface area contributed by atoms with Crippen LogP contribution in [0.1, 0.15) is 5.56 Å². The summed E-state index contributed by atoms with van der Waals surface area (Å²) in [5, 5.41) is 4.51. The molecule has 3 aromatic heterocycles. The molecule has 0 spiro atoms. The Balaban J connectivity index is 1.81. The molecule has 0 aliphatic rings. The van der Waals surface area contributed by atoms with Crippen molar-refractivity contribution >= 4 is 34.1 Å². The molecule has 124 valence electrons. The summed E-state index contributed by atoms with van der Waals surface area (Å²) in [5.41, 5.74) is 4.06. The quantitative estimate of drug-likeness (QED) is 0.449. The standard InChI is InChI=1S/C19H16IN5/c1-24(13-14-6-5-9-21-11-14)18-10-17(15-7-3-2-4-8-15)23-19-16(20)12-22-25(18)19/h2-12H,13H2,1H3. The molecule has 5 nitrogen and oxygen atoms in total. The van der Waals surface area contributed by atoms with Crippen molar-refractivity contribution in [3.8, 4) is 11.3 Å². The van der Waals surface area contributed by atoms with E-state index in [9.17, 15) is 0 Å². The fraction of sp³-hybridized carbons (Fsp3) is 0.105. The Morgan fingerprint density at radius 1 is 1.08 bits per heavy atom. The molecule has 0 radical (unpaired) electrons. The van der Waals surface area contributed by atoms with Gasteiger partial charge in [0.1, 0.15) is 5.82 Å². The average molecular weight is 441 g/mol. The summed E-state index contributed by atoms with van der Waals surface area (Å²) in [6.45, 7) is 0.748. The zero-order valence-electron chi connectivity index (χ0n) is 13.7. The summed E-state index contributed by atoms with van der Waals surface area (Å²) < 4.78 is 2.93. The Bertz CT molecular complexity index is 998. The van der Waals surface area contributed by atoms with Gasteiger partial charge in [-0.15, -0.1) is 0 Å². The summed E-state index contributed by atoms with van der Waals surface area (Å²) in [6, 6.07) is 16.3. The van der Waals surface area contributed by atoms with Crippen LogP contribution in [0.15, 0.2) is 67.1 Å². The lowest BCUT2D eigenvalue weighted by molar-refractivity contribution is 0.830. The van der Waals surface area contributed by atoms with E-state index in [0.717, 1.165) is 38.4 Å². The largest absolute Gasteiger partial charge is 0.355 e. The zero-order valence-corrected chi connectivity index (χ0v) is 15.8. The van der Waals surface area contributed by atoms with E-state index in [1.54, 1.807) is 6.20 Å². The van der Waals surface area contributed by atoms with Crippen LogP contribution in [-0.2, 0) is 6.54 Å².